The first-order valence-corrected chi connectivity index (χ1v) is 40.9. The maximum Gasteiger partial charge on any atom is 0.397 e. The summed E-state index contributed by atoms with van der Waals surface area (Å²) in [5, 5.41) is 12.3. The van der Waals surface area contributed by atoms with Crippen molar-refractivity contribution in [2.45, 2.75) is 221 Å². The average molecular weight is 1650 g/mol. The van der Waals surface area contributed by atoms with Crippen LogP contribution < -0.4 is 0 Å². The normalized spacial score (nSPS) is 35.2. The minimum absolute atomic E-state index is 0.00866. The average Bonchev–Trinajstić information content (AvgIpc) is 0.786. The molecule has 3 N–H and O–H groups in total. The Kier molecular flexibility index (Phi) is 32.3. The predicted octanol–water partition coefficient (Wildman–Crippen LogP) is 8.49. The van der Waals surface area contributed by atoms with Crippen LogP contribution in [0.5, 0.6) is 0 Å². The van der Waals surface area contributed by atoms with Gasteiger partial charge in [0.15, 0.2) is 44.0 Å². The van der Waals surface area contributed by atoms with Crippen LogP contribution in [0.4, 0.5) is 0 Å². The molecule has 4 aromatic carbocycles. The van der Waals surface area contributed by atoms with Gasteiger partial charge >= 0.3 is 31.2 Å². The molecule has 0 aromatic heterocycles. The van der Waals surface area contributed by atoms with Gasteiger partial charge in [-0.15, -0.1) is 0 Å². The van der Waals surface area contributed by atoms with E-state index in [9.17, 15) is 55.5 Å². The van der Waals surface area contributed by atoms with Gasteiger partial charge in [-0.25, -0.2) is 12.5 Å². The number of methoxy groups -OCH3 is 1. The summed E-state index contributed by atoms with van der Waals surface area (Å²) in [7, 11) is -13.9. The third-order valence-electron chi connectivity index (χ3n) is 20.5. The molecule has 0 aliphatic carbocycles. The van der Waals surface area contributed by atoms with Crippen LogP contribution in [-0.2, 0) is 155 Å². The maximum absolute atomic E-state index is 12.4. The third kappa shape index (κ3) is 25.6. The molecule has 0 amide bonds. The zero-order valence-corrected chi connectivity index (χ0v) is 64.8. The molecule has 27 atom stereocenters. The molecule has 42 heteroatoms. The van der Waals surface area contributed by atoms with Gasteiger partial charge in [0.05, 0.1) is 134 Å². The number of hydrogen-bond donors (Lipinski definition) is 3. The summed E-state index contributed by atoms with van der Waals surface area (Å²) < 4.78 is 234. The standard InChI is InChI=1S/C71H95N9O30S3/c1-41-30-95-60(26-49(41)91-31-45-18-10-6-11-19-45)108-66-42(2)63(75-78-72)70(105-56(66)38-99-111(81,82)83)103-54-36-97-62(28-51(54)93-33-47-22-14-8-15-23-47)110-68-44(4)65(77-80-74)71(107-58(68)40-101-113(87,88)89)104-55-37-98-61(29-52(55)94-34-48-24-16-9-17-25-48)109-67-43(3)64(76-79-73)69(106-57(67)39-100-112(84,85)86)102-53-35-96-59(90-5)27-50(53)92-32-46-20-12-7-13-21-46/h6-25,41-44,49-71H,26-40H2,1-5H3,(H,81,82,83)(H,84,85,86)(H,87,88,89)/t41-,42-,43-,44-,49+,50+,51+,52+,53-,54-,55-,56?,57?,58?,59-,60+,61+,62+,63?,64?,65?,66-,67-,68+,69+,70-,71+/m1/s1. The molecule has 0 saturated carbocycles. The second kappa shape index (κ2) is 41.7. The third-order valence-corrected chi connectivity index (χ3v) is 21.8. The second-order valence-corrected chi connectivity index (χ2v) is 31.6. The first kappa shape index (κ1) is 87.5. The molecule has 7 aliphatic heterocycles. The summed E-state index contributed by atoms with van der Waals surface area (Å²) in [6.45, 7) is 4.28. The lowest BCUT2D eigenvalue weighted by molar-refractivity contribution is -0.345. The van der Waals surface area contributed by atoms with E-state index in [0.29, 0.717) is 6.61 Å². The van der Waals surface area contributed by atoms with Crippen molar-refractivity contribution in [3.8, 4) is 0 Å². The Labute approximate surface area is 653 Å². The van der Waals surface area contributed by atoms with Crippen molar-refractivity contribution in [2.75, 3.05) is 53.4 Å². The van der Waals surface area contributed by atoms with Crippen LogP contribution in [-0.4, -0.2) is 234 Å². The summed E-state index contributed by atoms with van der Waals surface area (Å²) in [6, 6.07) is 33.3. The molecule has 7 aliphatic rings. The Hall–Kier alpha value is -6.30. The number of hydrogen-bond acceptors (Lipinski definition) is 30. The lowest BCUT2D eigenvalue weighted by Gasteiger charge is -2.49. The summed E-state index contributed by atoms with van der Waals surface area (Å²) >= 11 is 0. The maximum atomic E-state index is 12.4. The minimum atomic E-state index is -5.19. The van der Waals surface area contributed by atoms with Crippen LogP contribution >= 0.6 is 0 Å². The van der Waals surface area contributed by atoms with Crippen molar-refractivity contribution in [2.24, 2.45) is 39.0 Å². The zero-order valence-electron chi connectivity index (χ0n) is 62.4. The number of ether oxygens (including phenoxy) is 18. The predicted molar refractivity (Wildman–Crippen MR) is 388 cm³/mol. The molecule has 39 nitrogen and oxygen atoms in total. The lowest BCUT2D eigenvalue weighted by Crippen LogP contribution is -2.60. The second-order valence-electron chi connectivity index (χ2n) is 28.3. The van der Waals surface area contributed by atoms with Gasteiger partial charge in [-0.1, -0.05) is 164 Å². The van der Waals surface area contributed by atoms with Crippen LogP contribution in [0, 0.1) is 23.7 Å². The fraction of sp³-hybridized carbons (Fsp3) is 0.662. The first-order valence-electron chi connectivity index (χ1n) is 36.8. The van der Waals surface area contributed by atoms with E-state index in [1.54, 1.807) is 45.0 Å². The highest BCUT2D eigenvalue weighted by molar-refractivity contribution is 7.81. The molecule has 7 saturated heterocycles. The van der Waals surface area contributed by atoms with Crippen molar-refractivity contribution >= 4 is 31.2 Å². The summed E-state index contributed by atoms with van der Waals surface area (Å²) in [5.41, 5.74) is 33.6. The Morgan fingerprint density at radius 3 is 0.929 bits per heavy atom. The van der Waals surface area contributed by atoms with Crippen molar-refractivity contribution in [3.05, 3.63) is 175 Å². The van der Waals surface area contributed by atoms with E-state index in [1.165, 1.54) is 7.11 Å². The molecule has 0 bridgehead atoms. The minimum Gasteiger partial charge on any atom is -0.373 e. The molecular formula is C71H95N9O30S3. The van der Waals surface area contributed by atoms with Gasteiger partial charge in [0.25, 0.3) is 0 Å². The topological polar surface area (TPSA) is 503 Å². The fourth-order valence-corrected chi connectivity index (χ4v) is 15.5. The van der Waals surface area contributed by atoms with Gasteiger partial charge in [-0.05, 0) is 56.6 Å². The van der Waals surface area contributed by atoms with Crippen LogP contribution in [0.25, 0.3) is 31.3 Å². The monoisotopic (exact) mass is 1650 g/mol. The molecule has 6 unspecified atom stereocenters. The van der Waals surface area contributed by atoms with E-state index in [-0.39, 0.29) is 84.0 Å². The highest BCUT2D eigenvalue weighted by Gasteiger charge is 2.54. The van der Waals surface area contributed by atoms with E-state index in [1.807, 2.05) is 104 Å². The number of rotatable bonds is 37. The van der Waals surface area contributed by atoms with E-state index in [2.05, 4.69) is 30.1 Å². The highest BCUT2D eigenvalue weighted by atomic mass is 32.3. The van der Waals surface area contributed by atoms with Gasteiger partial charge in [0.1, 0.15) is 36.6 Å². The van der Waals surface area contributed by atoms with E-state index in [4.69, 9.17) is 97.8 Å². The van der Waals surface area contributed by atoms with E-state index >= 15 is 0 Å². The van der Waals surface area contributed by atoms with Crippen molar-refractivity contribution < 1.29 is 137 Å². The summed E-state index contributed by atoms with van der Waals surface area (Å²) in [4.78, 5) is 9.35. The molecule has 0 spiro atoms. The molecular weight excluding hydrogens is 1560 g/mol. The largest absolute Gasteiger partial charge is 0.397 e. The SMILES string of the molecule is CO[C@H]1C[C@H](OCc2ccccc2)[C@H](O[C@H]2OC(COS(=O)(=O)O)[C@H](O[C@H]3C[C@H](OCc4ccccc4)[C@H](O[C@H]4OC(COS(=O)(=O)O)[C@@H](O[C@H]5C[C@H](OCc6ccccc6)[C@H](O[C@@H]6OC(COS(=O)(=O)O)[C@H](O[C@H]7C[C@H](OCc8ccccc8)[C@H](C)CO7)[C@H](C)C6N=[N+]=[N-])CO5)[C@H](C)C4N=[N+]=[N-])CO3)[C@H](C)C2N=[N+]=[N-])CO1. The molecule has 0 radical (unpaired) electrons. The number of azide groups is 3. The zero-order chi connectivity index (χ0) is 80.2. The summed E-state index contributed by atoms with van der Waals surface area (Å²) in [6.07, 6.45) is -22.4. The Morgan fingerprint density at radius 2 is 0.646 bits per heavy atom. The van der Waals surface area contributed by atoms with Gasteiger partial charge in [0.2, 0.25) is 0 Å². The molecule has 7 fully saturated rings. The fourth-order valence-electron chi connectivity index (χ4n) is 14.6. The van der Waals surface area contributed by atoms with Crippen LogP contribution in [0.2, 0.25) is 0 Å². The highest BCUT2D eigenvalue weighted by Crippen LogP contribution is 2.42. The van der Waals surface area contributed by atoms with Gasteiger partial charge in [-0.2, -0.15) is 25.3 Å². The van der Waals surface area contributed by atoms with Gasteiger partial charge in [-0.3, -0.25) is 13.7 Å². The molecule has 622 valence electrons. The van der Waals surface area contributed by atoms with E-state index < -0.39 is 204 Å². The molecule has 11 rings (SSSR count). The van der Waals surface area contributed by atoms with Crippen LogP contribution in [0.1, 0.15) is 75.6 Å². The molecule has 7 heterocycles. The Bertz CT molecular complexity index is 4120. The first-order chi connectivity index (χ1) is 54.3. The Morgan fingerprint density at radius 1 is 0.381 bits per heavy atom. The quantitative estimate of drug-likeness (QED) is 0.0165. The lowest BCUT2D eigenvalue weighted by atomic mass is 9.88. The van der Waals surface area contributed by atoms with Crippen LogP contribution in [0.3, 0.4) is 0 Å². The smallest absolute Gasteiger partial charge is 0.373 e. The van der Waals surface area contributed by atoms with Crippen molar-refractivity contribution in [3.63, 3.8) is 0 Å². The molecule has 4 aromatic rings. The van der Waals surface area contributed by atoms with Crippen molar-refractivity contribution in [1.82, 2.24) is 0 Å². The van der Waals surface area contributed by atoms with Gasteiger partial charge < -0.3 is 85.3 Å². The van der Waals surface area contributed by atoms with Gasteiger partial charge in [0, 0.05) is 53.4 Å². The Balaban J connectivity index is 0.801. The number of benzene rings is 4. The molecule has 113 heavy (non-hydrogen) atoms. The number of nitrogens with zero attached hydrogens (tertiary/aromatic N) is 9. The van der Waals surface area contributed by atoms with Crippen molar-refractivity contribution in [1.29, 1.82) is 0 Å². The van der Waals surface area contributed by atoms with Crippen LogP contribution in [0.15, 0.2) is 137 Å². The summed E-state index contributed by atoms with van der Waals surface area (Å²) in [5.74, 6) is -2.76. The van der Waals surface area contributed by atoms with E-state index in [0.717, 1.165) is 22.3 Å².